The predicted molar refractivity (Wildman–Crippen MR) is 69.6 cm³/mol. The third-order valence-electron chi connectivity index (χ3n) is 2.53. The summed E-state index contributed by atoms with van der Waals surface area (Å²) in [6.07, 6.45) is 0. The molecule has 0 saturated carbocycles. The molecule has 0 spiro atoms. The number of thioether (sulfide) groups is 1. The Balaban J connectivity index is 1.96. The Hall–Kier alpha value is -1.70. The zero-order valence-electron chi connectivity index (χ0n) is 10.5. The van der Waals surface area contributed by atoms with Gasteiger partial charge in [-0.15, -0.1) is 0 Å². The van der Waals surface area contributed by atoms with Gasteiger partial charge >= 0.3 is 0 Å². The van der Waals surface area contributed by atoms with Gasteiger partial charge in [-0.1, -0.05) is 11.8 Å². The molecule has 1 aromatic heterocycles. The van der Waals surface area contributed by atoms with Crippen LogP contribution in [0.2, 0.25) is 0 Å². The van der Waals surface area contributed by atoms with E-state index in [-0.39, 0.29) is 18.0 Å². The molecule has 0 fully saturated rings. The van der Waals surface area contributed by atoms with Crippen LogP contribution in [0.3, 0.4) is 0 Å². The molecule has 114 valence electrons. The Morgan fingerprint density at radius 1 is 1.00 bits per heavy atom. The van der Waals surface area contributed by atoms with Crippen molar-refractivity contribution in [1.82, 2.24) is 0 Å². The van der Waals surface area contributed by atoms with Crippen molar-refractivity contribution in [3.05, 3.63) is 53.2 Å². The summed E-state index contributed by atoms with van der Waals surface area (Å²) in [6.45, 7) is 0.0152. The molecule has 0 bridgehead atoms. The van der Waals surface area contributed by atoms with Gasteiger partial charge in [0.15, 0.2) is 11.6 Å². The summed E-state index contributed by atoms with van der Waals surface area (Å²) >= 11 is 0.419. The van der Waals surface area contributed by atoms with Crippen LogP contribution < -0.4 is 5.32 Å². The standard InChI is InChI=1S/C13H10F5NOS/c14-9-3-11(16)12(4-10(9)15)19-5-7-1-2-8(20-7)6-21-13(17)18/h1-4,13,19H,5-6H2. The van der Waals surface area contributed by atoms with E-state index in [2.05, 4.69) is 5.32 Å². The van der Waals surface area contributed by atoms with Gasteiger partial charge in [-0.2, -0.15) is 8.78 Å². The molecule has 21 heavy (non-hydrogen) atoms. The number of furan rings is 1. The summed E-state index contributed by atoms with van der Waals surface area (Å²) < 4.78 is 68.4. The lowest BCUT2D eigenvalue weighted by molar-refractivity contribution is 0.251. The number of alkyl halides is 2. The van der Waals surface area contributed by atoms with E-state index in [1.165, 1.54) is 12.1 Å². The maximum atomic E-state index is 13.4. The van der Waals surface area contributed by atoms with E-state index in [0.29, 0.717) is 35.4 Å². The van der Waals surface area contributed by atoms with E-state index in [1.807, 2.05) is 0 Å². The van der Waals surface area contributed by atoms with Crippen LogP contribution in [-0.2, 0) is 12.3 Å². The molecule has 1 heterocycles. The SMILES string of the molecule is Fc1cc(F)c(NCc2ccc(CSC(F)F)o2)cc1F. The van der Waals surface area contributed by atoms with Crippen LogP contribution in [0.1, 0.15) is 11.5 Å². The first kappa shape index (κ1) is 15.7. The average molecular weight is 323 g/mol. The molecule has 1 N–H and O–H groups in total. The van der Waals surface area contributed by atoms with E-state index in [9.17, 15) is 22.0 Å². The molecular formula is C13H10F5NOS. The Morgan fingerprint density at radius 2 is 1.67 bits per heavy atom. The molecule has 0 aliphatic carbocycles. The number of rotatable bonds is 6. The van der Waals surface area contributed by atoms with Crippen LogP contribution in [0.25, 0.3) is 0 Å². The van der Waals surface area contributed by atoms with Gasteiger partial charge in [0.2, 0.25) is 0 Å². The smallest absolute Gasteiger partial charge is 0.284 e. The molecule has 0 radical (unpaired) electrons. The Bertz CT molecular complexity index is 617. The van der Waals surface area contributed by atoms with E-state index >= 15 is 0 Å². The molecule has 0 unspecified atom stereocenters. The summed E-state index contributed by atoms with van der Waals surface area (Å²) in [5, 5.41) is 2.55. The summed E-state index contributed by atoms with van der Waals surface area (Å²) in [5.41, 5.74) is -0.214. The molecule has 0 amide bonds. The first-order chi connectivity index (χ1) is 9.95. The van der Waals surface area contributed by atoms with E-state index in [1.54, 1.807) is 0 Å². The Labute approximate surface area is 121 Å². The predicted octanol–water partition coefficient (Wildman–Crippen LogP) is 4.76. The van der Waals surface area contributed by atoms with Crippen molar-refractivity contribution in [1.29, 1.82) is 0 Å². The van der Waals surface area contributed by atoms with Crippen molar-refractivity contribution < 1.29 is 26.4 Å². The third kappa shape index (κ3) is 4.38. The lowest BCUT2D eigenvalue weighted by Crippen LogP contribution is -2.02. The van der Waals surface area contributed by atoms with Crippen molar-refractivity contribution >= 4 is 17.4 Å². The van der Waals surface area contributed by atoms with Crippen molar-refractivity contribution in [2.24, 2.45) is 0 Å². The van der Waals surface area contributed by atoms with Gasteiger partial charge in [0.05, 0.1) is 18.0 Å². The highest BCUT2D eigenvalue weighted by molar-refractivity contribution is 7.98. The topological polar surface area (TPSA) is 25.2 Å². The first-order valence-corrected chi connectivity index (χ1v) is 6.86. The zero-order chi connectivity index (χ0) is 15.4. The third-order valence-corrected chi connectivity index (χ3v) is 3.24. The normalized spacial score (nSPS) is 11.1. The van der Waals surface area contributed by atoms with Crippen molar-refractivity contribution in [2.45, 2.75) is 18.1 Å². The summed E-state index contributed by atoms with van der Waals surface area (Å²) in [4.78, 5) is 0. The molecule has 0 aliphatic rings. The lowest BCUT2D eigenvalue weighted by atomic mass is 10.2. The highest BCUT2D eigenvalue weighted by Crippen LogP contribution is 2.22. The summed E-state index contributed by atoms with van der Waals surface area (Å²) in [7, 11) is 0. The maximum Gasteiger partial charge on any atom is 0.284 e. The minimum atomic E-state index is -2.49. The Morgan fingerprint density at radius 3 is 2.38 bits per heavy atom. The van der Waals surface area contributed by atoms with Gasteiger partial charge in [0.1, 0.15) is 17.3 Å². The maximum absolute atomic E-state index is 13.4. The molecule has 1 aromatic carbocycles. The minimum absolute atomic E-state index is 0.0111. The average Bonchev–Trinajstić information content (AvgIpc) is 2.87. The molecule has 0 aliphatic heterocycles. The molecule has 0 atom stereocenters. The largest absolute Gasteiger partial charge is 0.463 e. The summed E-state index contributed by atoms with van der Waals surface area (Å²) in [5.74, 6) is -5.15. The van der Waals surface area contributed by atoms with Crippen molar-refractivity contribution in [3.8, 4) is 0 Å². The second-order valence-corrected chi connectivity index (χ2v) is 5.02. The fraction of sp³-hybridized carbons (Fsp3) is 0.231. The number of anilines is 1. The van der Waals surface area contributed by atoms with Crippen LogP contribution in [0.4, 0.5) is 27.6 Å². The van der Waals surface area contributed by atoms with Gasteiger partial charge in [0, 0.05) is 12.1 Å². The Kier molecular flexibility index (Phi) is 5.11. The molecule has 2 nitrogen and oxygen atoms in total. The van der Waals surface area contributed by atoms with Gasteiger partial charge in [-0.3, -0.25) is 0 Å². The van der Waals surface area contributed by atoms with Gasteiger partial charge < -0.3 is 9.73 Å². The van der Waals surface area contributed by atoms with Crippen LogP contribution >= 0.6 is 11.8 Å². The first-order valence-electron chi connectivity index (χ1n) is 5.81. The number of nitrogens with one attached hydrogen (secondary N) is 1. The molecule has 8 heteroatoms. The monoisotopic (exact) mass is 323 g/mol. The fourth-order valence-electron chi connectivity index (χ4n) is 1.58. The highest BCUT2D eigenvalue weighted by atomic mass is 32.2. The number of hydrogen-bond acceptors (Lipinski definition) is 3. The quantitative estimate of drug-likeness (QED) is 0.613. The van der Waals surface area contributed by atoms with Crippen LogP contribution in [0.5, 0.6) is 0 Å². The van der Waals surface area contributed by atoms with E-state index < -0.39 is 23.2 Å². The number of benzene rings is 1. The molecule has 2 aromatic rings. The number of halogens is 5. The highest BCUT2D eigenvalue weighted by Gasteiger charge is 2.11. The second-order valence-electron chi connectivity index (χ2n) is 4.04. The lowest BCUT2D eigenvalue weighted by Gasteiger charge is -2.06. The van der Waals surface area contributed by atoms with Crippen molar-refractivity contribution in [3.63, 3.8) is 0 Å². The minimum Gasteiger partial charge on any atom is -0.463 e. The zero-order valence-corrected chi connectivity index (χ0v) is 11.3. The number of hydrogen-bond donors (Lipinski definition) is 1. The summed E-state index contributed by atoms with van der Waals surface area (Å²) in [6, 6.07) is 4.19. The molecule has 0 saturated heterocycles. The molecular weight excluding hydrogens is 313 g/mol. The van der Waals surface area contributed by atoms with E-state index in [0.717, 1.165) is 0 Å². The second kappa shape index (κ2) is 6.84. The fourth-order valence-corrected chi connectivity index (χ4v) is 2.03. The van der Waals surface area contributed by atoms with Gasteiger partial charge in [-0.25, -0.2) is 13.2 Å². The van der Waals surface area contributed by atoms with Crippen molar-refractivity contribution in [2.75, 3.05) is 5.32 Å². The van der Waals surface area contributed by atoms with E-state index in [4.69, 9.17) is 4.42 Å². The van der Waals surface area contributed by atoms with Crippen LogP contribution in [0.15, 0.2) is 28.7 Å². The van der Waals surface area contributed by atoms with Gasteiger partial charge in [-0.05, 0) is 12.1 Å². The van der Waals surface area contributed by atoms with Crippen LogP contribution in [-0.4, -0.2) is 5.76 Å². The van der Waals surface area contributed by atoms with Gasteiger partial charge in [0.25, 0.3) is 5.76 Å². The molecule has 2 rings (SSSR count). The van der Waals surface area contributed by atoms with Crippen LogP contribution in [0, 0.1) is 17.5 Å².